The number of carbonyl (C=O) groups is 1. The van der Waals surface area contributed by atoms with Crippen molar-refractivity contribution in [3.8, 4) is 0 Å². The number of hydrogen-bond acceptors (Lipinski definition) is 2. The minimum atomic E-state index is 0.447. The maximum Gasteiger partial charge on any atom is 0.153 e. The van der Waals surface area contributed by atoms with E-state index >= 15 is 0 Å². The zero-order valence-corrected chi connectivity index (χ0v) is 9.93. The lowest BCUT2D eigenvalue weighted by atomic mass is 10.2. The van der Waals surface area contributed by atoms with Crippen molar-refractivity contribution in [2.24, 2.45) is 0 Å². The molecular weight excluding hydrogens is 212 g/mol. The van der Waals surface area contributed by atoms with Gasteiger partial charge >= 0.3 is 0 Å². The second-order valence-corrected chi connectivity index (χ2v) is 3.40. The molecule has 17 heavy (non-hydrogen) atoms. The van der Waals surface area contributed by atoms with Crippen LogP contribution in [0.1, 0.15) is 12.5 Å². The van der Waals surface area contributed by atoms with Crippen LogP contribution in [0.5, 0.6) is 0 Å². The first-order valence-electron chi connectivity index (χ1n) is 5.43. The Morgan fingerprint density at radius 2 is 2.06 bits per heavy atom. The predicted molar refractivity (Wildman–Crippen MR) is 69.3 cm³/mol. The van der Waals surface area contributed by atoms with Gasteiger partial charge in [0.2, 0.25) is 0 Å². The third kappa shape index (κ3) is 4.11. The van der Waals surface area contributed by atoms with Gasteiger partial charge in [-0.15, -0.1) is 0 Å². The highest BCUT2D eigenvalue weighted by molar-refractivity contribution is 5.79. The summed E-state index contributed by atoms with van der Waals surface area (Å²) in [5.41, 5.74) is 1.56. The van der Waals surface area contributed by atoms with Crippen LogP contribution in [0.3, 0.4) is 0 Å². The molecule has 0 saturated heterocycles. The number of aldehydes is 1. The quantitative estimate of drug-likeness (QED) is 0.323. The van der Waals surface area contributed by atoms with Crippen LogP contribution in [-0.2, 0) is 16.1 Å². The molecule has 88 valence electrons. The maximum absolute atomic E-state index is 10.9. The van der Waals surface area contributed by atoms with Crippen molar-refractivity contribution in [3.63, 3.8) is 0 Å². The summed E-state index contributed by atoms with van der Waals surface area (Å²) in [6.45, 7) is 5.85. The van der Waals surface area contributed by atoms with Crippen LogP contribution in [0, 0.1) is 0 Å². The van der Waals surface area contributed by atoms with Crippen LogP contribution in [0.4, 0.5) is 0 Å². The molecule has 0 atom stereocenters. The van der Waals surface area contributed by atoms with Gasteiger partial charge in [-0.1, -0.05) is 43.0 Å². The fourth-order valence-corrected chi connectivity index (χ4v) is 1.38. The van der Waals surface area contributed by atoms with Gasteiger partial charge in [-0.2, -0.15) is 0 Å². The molecule has 0 heterocycles. The summed E-state index contributed by atoms with van der Waals surface area (Å²) in [6, 6.07) is 9.81. The van der Waals surface area contributed by atoms with Crippen LogP contribution >= 0.6 is 0 Å². The fraction of sp³-hybridized carbons (Fsp3) is 0.133. The number of benzene rings is 1. The molecule has 0 bridgehead atoms. The monoisotopic (exact) mass is 228 g/mol. The van der Waals surface area contributed by atoms with E-state index in [-0.39, 0.29) is 0 Å². The van der Waals surface area contributed by atoms with E-state index in [1.807, 2.05) is 37.3 Å². The number of carbonyl (C=O) groups excluding carboxylic acids is 1. The summed E-state index contributed by atoms with van der Waals surface area (Å²) in [4.78, 5) is 10.9. The summed E-state index contributed by atoms with van der Waals surface area (Å²) in [6.07, 6.45) is 5.74. The highest BCUT2D eigenvalue weighted by atomic mass is 16.5. The molecule has 0 aromatic heterocycles. The standard InChI is InChI=1S/C15H16O2/c1-3-8-14(11-16)15(4-2)17-12-13-9-6-5-7-10-13/h3-11H,1,12H2,2H3/b14-8-,15-4+. The van der Waals surface area contributed by atoms with Crippen LogP contribution in [0.2, 0.25) is 0 Å². The van der Waals surface area contributed by atoms with E-state index in [2.05, 4.69) is 6.58 Å². The Hall–Kier alpha value is -2.09. The SMILES string of the molecule is C=C/C=C(C=O)\C(=C/C)OCc1ccccc1. The van der Waals surface area contributed by atoms with Gasteiger partial charge in [0.1, 0.15) is 12.4 Å². The summed E-state index contributed by atoms with van der Waals surface area (Å²) in [5, 5.41) is 0. The van der Waals surface area contributed by atoms with Crippen molar-refractivity contribution in [1.82, 2.24) is 0 Å². The molecule has 2 nitrogen and oxygen atoms in total. The Bertz CT molecular complexity index is 427. The van der Waals surface area contributed by atoms with Crippen molar-refractivity contribution < 1.29 is 9.53 Å². The largest absolute Gasteiger partial charge is 0.489 e. The molecule has 0 radical (unpaired) electrons. The second-order valence-electron chi connectivity index (χ2n) is 3.40. The topological polar surface area (TPSA) is 26.3 Å². The molecule has 0 aliphatic heterocycles. The van der Waals surface area contributed by atoms with Crippen molar-refractivity contribution in [2.45, 2.75) is 13.5 Å². The zero-order valence-electron chi connectivity index (χ0n) is 9.93. The van der Waals surface area contributed by atoms with Gasteiger partial charge in [-0.3, -0.25) is 4.79 Å². The fourth-order valence-electron chi connectivity index (χ4n) is 1.38. The van der Waals surface area contributed by atoms with E-state index in [1.54, 1.807) is 18.2 Å². The molecule has 0 unspecified atom stereocenters. The van der Waals surface area contributed by atoms with Gasteiger partial charge < -0.3 is 4.74 Å². The molecule has 0 saturated carbocycles. The van der Waals surface area contributed by atoms with E-state index in [9.17, 15) is 4.79 Å². The third-order valence-electron chi connectivity index (χ3n) is 2.21. The molecule has 0 amide bonds. The lowest BCUT2D eigenvalue weighted by molar-refractivity contribution is -0.105. The Kier molecular flexibility index (Phi) is 5.52. The van der Waals surface area contributed by atoms with Gasteiger partial charge in [-0.25, -0.2) is 0 Å². The van der Waals surface area contributed by atoms with Crippen LogP contribution in [0.15, 0.2) is 66.5 Å². The van der Waals surface area contributed by atoms with Gasteiger partial charge in [-0.05, 0) is 24.6 Å². The van der Waals surface area contributed by atoms with E-state index in [0.717, 1.165) is 11.8 Å². The molecule has 0 aliphatic rings. The summed E-state index contributed by atoms with van der Waals surface area (Å²) in [5.74, 6) is 0.573. The summed E-state index contributed by atoms with van der Waals surface area (Å²) < 4.78 is 5.60. The molecule has 1 aromatic carbocycles. The van der Waals surface area contributed by atoms with Crippen LogP contribution < -0.4 is 0 Å². The van der Waals surface area contributed by atoms with Crippen LogP contribution in [0.25, 0.3) is 0 Å². The Labute approximate surface area is 102 Å². The Morgan fingerprint density at radius 3 is 2.59 bits per heavy atom. The normalized spacial score (nSPS) is 12.1. The molecule has 0 fully saturated rings. The summed E-state index contributed by atoms with van der Waals surface area (Å²) in [7, 11) is 0. The van der Waals surface area contributed by atoms with E-state index < -0.39 is 0 Å². The van der Waals surface area contributed by atoms with E-state index in [0.29, 0.717) is 17.9 Å². The number of ether oxygens (including phenoxy) is 1. The number of hydrogen-bond donors (Lipinski definition) is 0. The van der Waals surface area contributed by atoms with Gasteiger partial charge in [0.25, 0.3) is 0 Å². The first-order valence-corrected chi connectivity index (χ1v) is 5.43. The lowest BCUT2D eigenvalue weighted by Crippen LogP contribution is -1.98. The predicted octanol–water partition coefficient (Wildman–Crippen LogP) is 3.42. The number of rotatable bonds is 6. The first-order chi connectivity index (χ1) is 8.31. The lowest BCUT2D eigenvalue weighted by Gasteiger charge is -2.09. The highest BCUT2D eigenvalue weighted by Gasteiger charge is 2.03. The van der Waals surface area contributed by atoms with Gasteiger partial charge in [0, 0.05) is 0 Å². The molecule has 1 aromatic rings. The molecule has 2 heteroatoms. The minimum Gasteiger partial charge on any atom is -0.489 e. The average molecular weight is 228 g/mol. The van der Waals surface area contributed by atoms with E-state index in [4.69, 9.17) is 4.74 Å². The highest BCUT2D eigenvalue weighted by Crippen LogP contribution is 2.12. The Balaban J connectivity index is 2.69. The molecule has 0 N–H and O–H groups in total. The summed E-state index contributed by atoms with van der Waals surface area (Å²) >= 11 is 0. The molecular formula is C15H16O2. The molecule has 1 rings (SSSR count). The van der Waals surface area contributed by atoms with Crippen molar-refractivity contribution >= 4 is 6.29 Å². The van der Waals surface area contributed by atoms with Gasteiger partial charge in [0.05, 0.1) is 5.57 Å². The molecule has 0 spiro atoms. The van der Waals surface area contributed by atoms with Crippen LogP contribution in [-0.4, -0.2) is 6.29 Å². The van der Waals surface area contributed by atoms with Crippen molar-refractivity contribution in [1.29, 1.82) is 0 Å². The number of allylic oxidation sites excluding steroid dienone is 4. The first kappa shape index (κ1) is 13.0. The van der Waals surface area contributed by atoms with Crippen molar-refractivity contribution in [2.75, 3.05) is 0 Å². The second kappa shape index (κ2) is 7.23. The zero-order chi connectivity index (χ0) is 12.5. The third-order valence-corrected chi connectivity index (χ3v) is 2.21. The Morgan fingerprint density at radius 1 is 1.35 bits per heavy atom. The molecule has 0 aliphatic carbocycles. The minimum absolute atomic E-state index is 0.447. The smallest absolute Gasteiger partial charge is 0.153 e. The van der Waals surface area contributed by atoms with Gasteiger partial charge in [0.15, 0.2) is 6.29 Å². The maximum atomic E-state index is 10.9. The van der Waals surface area contributed by atoms with E-state index in [1.165, 1.54) is 0 Å². The average Bonchev–Trinajstić information content (AvgIpc) is 2.39. The van der Waals surface area contributed by atoms with Crippen molar-refractivity contribution in [3.05, 3.63) is 72.0 Å².